The summed E-state index contributed by atoms with van der Waals surface area (Å²) in [6, 6.07) is 7.34. The molecule has 0 saturated carbocycles. The van der Waals surface area contributed by atoms with E-state index < -0.39 is 17.7 Å². The molecule has 0 radical (unpaired) electrons. The second-order valence-electron chi connectivity index (χ2n) is 5.59. The van der Waals surface area contributed by atoms with Crippen molar-refractivity contribution in [2.24, 2.45) is 0 Å². The van der Waals surface area contributed by atoms with Crippen molar-refractivity contribution >= 4 is 17.8 Å². The summed E-state index contributed by atoms with van der Waals surface area (Å²) in [6.07, 6.45) is 0.497. The molecule has 1 heterocycles. The number of ether oxygens (including phenoxy) is 1. The zero-order valence-electron chi connectivity index (χ0n) is 11.7. The van der Waals surface area contributed by atoms with Crippen LogP contribution in [0.15, 0.2) is 30.3 Å². The number of amides is 1. The van der Waals surface area contributed by atoms with Crippen LogP contribution in [-0.2, 0) is 16.1 Å². The van der Waals surface area contributed by atoms with Crippen molar-refractivity contribution in [3.05, 3.63) is 41.5 Å². The first-order valence-corrected chi connectivity index (χ1v) is 6.31. The molecule has 1 N–H and O–H groups in total. The summed E-state index contributed by atoms with van der Waals surface area (Å²) in [4.78, 5) is 24.5. The molecule has 0 aromatic heterocycles. The van der Waals surface area contributed by atoms with E-state index in [4.69, 9.17) is 9.84 Å². The number of hydrogen-bond acceptors (Lipinski definition) is 3. The lowest BCUT2D eigenvalue weighted by molar-refractivity contribution is -0.131. The van der Waals surface area contributed by atoms with Crippen molar-refractivity contribution < 1.29 is 19.4 Å². The van der Waals surface area contributed by atoms with Gasteiger partial charge in [0, 0.05) is 11.6 Å². The summed E-state index contributed by atoms with van der Waals surface area (Å²) in [5.41, 5.74) is 1.40. The first-order chi connectivity index (χ1) is 9.28. The fourth-order valence-corrected chi connectivity index (χ4v) is 2.06. The number of fused-ring (bicyclic) bond motifs is 1. The second kappa shape index (κ2) is 5.00. The van der Waals surface area contributed by atoms with E-state index in [9.17, 15) is 9.59 Å². The molecule has 1 aromatic rings. The molecule has 0 saturated heterocycles. The van der Waals surface area contributed by atoms with Gasteiger partial charge in [-0.2, -0.15) is 0 Å². The molecule has 0 bridgehead atoms. The van der Waals surface area contributed by atoms with Gasteiger partial charge in [-0.1, -0.05) is 24.3 Å². The minimum absolute atomic E-state index is 0.324. The molecule has 0 unspecified atom stereocenters. The van der Waals surface area contributed by atoms with Gasteiger partial charge in [-0.25, -0.2) is 9.59 Å². The Labute approximate surface area is 117 Å². The molecule has 1 aliphatic rings. The third-order valence-corrected chi connectivity index (χ3v) is 2.79. The Morgan fingerprint density at radius 1 is 1.30 bits per heavy atom. The van der Waals surface area contributed by atoms with Crippen LogP contribution in [0.25, 0.3) is 5.70 Å². The standard InChI is InChI=1S/C15H17NO4/c1-15(2,3)20-14(19)16-9-10-6-4-5-7-11(10)12(16)8-13(17)18/h4-8H,9H2,1-3H3,(H,17,18). The van der Waals surface area contributed by atoms with Crippen molar-refractivity contribution in [1.82, 2.24) is 4.90 Å². The van der Waals surface area contributed by atoms with E-state index in [1.54, 1.807) is 26.8 Å². The van der Waals surface area contributed by atoms with Crippen LogP contribution >= 0.6 is 0 Å². The molecule has 0 fully saturated rings. The highest BCUT2D eigenvalue weighted by Gasteiger charge is 2.32. The maximum atomic E-state index is 12.2. The number of rotatable bonds is 1. The highest BCUT2D eigenvalue weighted by molar-refractivity contribution is 5.95. The van der Waals surface area contributed by atoms with E-state index in [1.165, 1.54) is 4.90 Å². The molecule has 2 rings (SSSR count). The minimum Gasteiger partial charge on any atom is -0.478 e. The van der Waals surface area contributed by atoms with Gasteiger partial charge >= 0.3 is 12.1 Å². The van der Waals surface area contributed by atoms with Crippen LogP contribution in [0, 0.1) is 0 Å². The summed E-state index contributed by atoms with van der Waals surface area (Å²) in [5, 5.41) is 8.98. The number of nitrogens with zero attached hydrogens (tertiary/aromatic N) is 1. The van der Waals surface area contributed by atoms with Crippen molar-refractivity contribution in [3.63, 3.8) is 0 Å². The van der Waals surface area contributed by atoms with Crippen LogP contribution in [-0.4, -0.2) is 27.7 Å². The number of carboxylic acids is 1. The Hall–Kier alpha value is -2.30. The first kappa shape index (κ1) is 14.1. The Morgan fingerprint density at radius 3 is 2.55 bits per heavy atom. The Bertz CT molecular complexity index is 584. The maximum absolute atomic E-state index is 12.2. The summed E-state index contributed by atoms with van der Waals surface area (Å²) < 4.78 is 5.32. The molecule has 5 heteroatoms. The summed E-state index contributed by atoms with van der Waals surface area (Å²) in [5.74, 6) is -1.09. The Balaban J connectivity index is 2.36. The largest absolute Gasteiger partial charge is 0.478 e. The van der Waals surface area contributed by atoms with Gasteiger partial charge in [0.1, 0.15) is 5.60 Å². The number of carbonyl (C=O) groups excluding carboxylic acids is 1. The quantitative estimate of drug-likeness (QED) is 0.800. The smallest absolute Gasteiger partial charge is 0.415 e. The molecular weight excluding hydrogens is 258 g/mol. The van der Waals surface area contributed by atoms with Crippen LogP contribution in [0.4, 0.5) is 4.79 Å². The molecule has 5 nitrogen and oxygen atoms in total. The minimum atomic E-state index is -1.09. The molecule has 0 atom stereocenters. The number of benzene rings is 1. The number of carbonyl (C=O) groups is 2. The lowest BCUT2D eigenvalue weighted by atomic mass is 10.1. The highest BCUT2D eigenvalue weighted by atomic mass is 16.6. The van der Waals surface area contributed by atoms with Crippen molar-refractivity contribution in [3.8, 4) is 0 Å². The van der Waals surface area contributed by atoms with Gasteiger partial charge in [0.25, 0.3) is 0 Å². The van der Waals surface area contributed by atoms with Crippen LogP contribution in [0.5, 0.6) is 0 Å². The number of hydrogen-bond donors (Lipinski definition) is 1. The van der Waals surface area contributed by atoms with Gasteiger partial charge in [0.15, 0.2) is 0 Å². The normalized spacial score (nSPS) is 16.1. The Morgan fingerprint density at radius 2 is 1.95 bits per heavy atom. The van der Waals surface area contributed by atoms with Crippen LogP contribution in [0.1, 0.15) is 31.9 Å². The van der Waals surface area contributed by atoms with Crippen LogP contribution in [0.2, 0.25) is 0 Å². The van der Waals surface area contributed by atoms with Crippen molar-refractivity contribution in [2.75, 3.05) is 0 Å². The van der Waals surface area contributed by atoms with Crippen molar-refractivity contribution in [2.45, 2.75) is 32.9 Å². The van der Waals surface area contributed by atoms with Gasteiger partial charge < -0.3 is 9.84 Å². The molecule has 0 aliphatic carbocycles. The average molecular weight is 275 g/mol. The zero-order chi connectivity index (χ0) is 14.9. The van der Waals surface area contributed by atoms with Gasteiger partial charge in [-0.15, -0.1) is 0 Å². The molecular formula is C15H17NO4. The van der Waals surface area contributed by atoms with Gasteiger partial charge in [0.2, 0.25) is 0 Å². The third kappa shape index (κ3) is 2.99. The maximum Gasteiger partial charge on any atom is 0.415 e. The molecule has 20 heavy (non-hydrogen) atoms. The lowest BCUT2D eigenvalue weighted by Gasteiger charge is -2.25. The lowest BCUT2D eigenvalue weighted by Crippen LogP contribution is -2.33. The number of aliphatic carboxylic acids is 1. The van der Waals surface area contributed by atoms with E-state index in [0.29, 0.717) is 12.2 Å². The molecule has 106 valence electrons. The average Bonchev–Trinajstić information content (AvgIpc) is 2.66. The topological polar surface area (TPSA) is 66.8 Å². The molecule has 1 aliphatic heterocycles. The first-order valence-electron chi connectivity index (χ1n) is 6.31. The SMILES string of the molecule is CC(C)(C)OC(=O)N1Cc2ccccc2C1=CC(=O)O. The highest BCUT2D eigenvalue weighted by Crippen LogP contribution is 2.33. The van der Waals surface area contributed by atoms with E-state index in [1.807, 2.05) is 18.2 Å². The summed E-state index contributed by atoms with van der Waals surface area (Å²) >= 11 is 0. The zero-order valence-corrected chi connectivity index (χ0v) is 11.7. The third-order valence-electron chi connectivity index (χ3n) is 2.79. The molecule has 1 amide bonds. The van der Waals surface area contributed by atoms with E-state index >= 15 is 0 Å². The predicted octanol–water partition coefficient (Wildman–Crippen LogP) is 2.86. The van der Waals surface area contributed by atoms with E-state index in [-0.39, 0.29) is 0 Å². The van der Waals surface area contributed by atoms with Gasteiger partial charge in [-0.05, 0) is 26.3 Å². The fourth-order valence-electron chi connectivity index (χ4n) is 2.06. The van der Waals surface area contributed by atoms with Crippen molar-refractivity contribution in [1.29, 1.82) is 0 Å². The summed E-state index contributed by atoms with van der Waals surface area (Å²) in [6.45, 7) is 5.64. The fraction of sp³-hybridized carbons (Fsp3) is 0.333. The van der Waals surface area contributed by atoms with E-state index in [2.05, 4.69) is 0 Å². The van der Waals surface area contributed by atoms with Gasteiger partial charge in [-0.3, -0.25) is 4.90 Å². The van der Waals surface area contributed by atoms with Gasteiger partial charge in [0.05, 0.1) is 12.2 Å². The Kier molecular flexibility index (Phi) is 3.53. The van der Waals surface area contributed by atoms with Crippen LogP contribution < -0.4 is 0 Å². The summed E-state index contributed by atoms with van der Waals surface area (Å²) in [7, 11) is 0. The van der Waals surface area contributed by atoms with E-state index in [0.717, 1.165) is 17.2 Å². The molecule has 0 spiro atoms. The second-order valence-corrected chi connectivity index (χ2v) is 5.59. The number of carboxylic acid groups (broad SMARTS) is 1. The van der Waals surface area contributed by atoms with Crippen LogP contribution in [0.3, 0.4) is 0 Å². The monoisotopic (exact) mass is 275 g/mol. The molecule has 1 aromatic carbocycles. The predicted molar refractivity (Wildman–Crippen MR) is 73.8 cm³/mol.